The fourth-order valence-corrected chi connectivity index (χ4v) is 1.99. The Kier molecular flexibility index (Phi) is 3.16. The molecule has 0 amide bonds. The summed E-state index contributed by atoms with van der Waals surface area (Å²) in [6.07, 6.45) is 0. The SMILES string of the molecule is CC(C)c1cc(O)c(C(=O)O)cc1Br. The summed E-state index contributed by atoms with van der Waals surface area (Å²) >= 11 is 3.28. The van der Waals surface area contributed by atoms with Gasteiger partial charge in [0.25, 0.3) is 0 Å². The Balaban J connectivity index is 3.31. The summed E-state index contributed by atoms with van der Waals surface area (Å²) in [4.78, 5) is 10.7. The van der Waals surface area contributed by atoms with E-state index in [2.05, 4.69) is 15.9 Å². The summed E-state index contributed by atoms with van der Waals surface area (Å²) in [5.74, 6) is -1.08. The van der Waals surface area contributed by atoms with Crippen molar-refractivity contribution in [2.75, 3.05) is 0 Å². The molecule has 14 heavy (non-hydrogen) atoms. The van der Waals surface area contributed by atoms with Crippen LogP contribution in [0.5, 0.6) is 5.75 Å². The Morgan fingerprint density at radius 3 is 2.43 bits per heavy atom. The minimum atomic E-state index is -1.13. The van der Waals surface area contributed by atoms with Crippen LogP contribution < -0.4 is 0 Å². The molecule has 0 spiro atoms. The largest absolute Gasteiger partial charge is 0.507 e. The minimum absolute atomic E-state index is 0.0822. The van der Waals surface area contributed by atoms with Crippen molar-refractivity contribution in [3.8, 4) is 5.75 Å². The number of aromatic carboxylic acids is 1. The number of halogens is 1. The number of rotatable bonds is 2. The molecular formula is C10H11BrO3. The second-order valence-corrected chi connectivity index (χ2v) is 4.21. The predicted octanol–water partition coefficient (Wildman–Crippen LogP) is 2.98. The summed E-state index contributed by atoms with van der Waals surface area (Å²) in [5, 5.41) is 18.2. The molecule has 0 unspecified atom stereocenters. The van der Waals surface area contributed by atoms with Gasteiger partial charge in [-0.25, -0.2) is 4.79 Å². The lowest BCUT2D eigenvalue weighted by molar-refractivity contribution is 0.0693. The Hall–Kier alpha value is -1.03. The summed E-state index contributed by atoms with van der Waals surface area (Å²) in [6.45, 7) is 3.94. The van der Waals surface area contributed by atoms with Gasteiger partial charge in [-0.1, -0.05) is 29.8 Å². The van der Waals surface area contributed by atoms with Crippen molar-refractivity contribution in [3.05, 3.63) is 27.7 Å². The molecule has 1 aromatic rings. The van der Waals surface area contributed by atoms with Gasteiger partial charge in [-0.15, -0.1) is 0 Å². The first-order chi connectivity index (χ1) is 6.43. The fraction of sp³-hybridized carbons (Fsp3) is 0.300. The third-order valence-electron chi connectivity index (χ3n) is 1.97. The highest BCUT2D eigenvalue weighted by Gasteiger charge is 2.14. The molecule has 0 atom stereocenters. The third kappa shape index (κ3) is 2.07. The molecule has 0 radical (unpaired) electrons. The highest BCUT2D eigenvalue weighted by atomic mass is 79.9. The molecule has 2 N–H and O–H groups in total. The van der Waals surface area contributed by atoms with Gasteiger partial charge in [0.15, 0.2) is 0 Å². The average molecular weight is 259 g/mol. The molecule has 0 saturated heterocycles. The van der Waals surface area contributed by atoms with Gasteiger partial charge in [-0.3, -0.25) is 0 Å². The number of carboxylic acids is 1. The predicted molar refractivity (Wildman–Crippen MR) is 56.9 cm³/mol. The van der Waals surface area contributed by atoms with Crippen molar-refractivity contribution in [1.29, 1.82) is 0 Å². The van der Waals surface area contributed by atoms with E-state index in [1.54, 1.807) is 0 Å². The van der Waals surface area contributed by atoms with Crippen molar-refractivity contribution in [3.63, 3.8) is 0 Å². The summed E-state index contributed by atoms with van der Waals surface area (Å²) < 4.78 is 0.711. The molecule has 1 rings (SSSR count). The van der Waals surface area contributed by atoms with Crippen LogP contribution in [0.15, 0.2) is 16.6 Å². The zero-order chi connectivity index (χ0) is 10.9. The number of aromatic hydroxyl groups is 1. The van der Waals surface area contributed by atoms with Crippen molar-refractivity contribution < 1.29 is 15.0 Å². The molecule has 0 aromatic heterocycles. The van der Waals surface area contributed by atoms with Gasteiger partial charge in [-0.2, -0.15) is 0 Å². The molecule has 0 aliphatic heterocycles. The van der Waals surface area contributed by atoms with Crippen molar-refractivity contribution in [2.45, 2.75) is 19.8 Å². The molecule has 0 fully saturated rings. The number of carbonyl (C=O) groups is 1. The minimum Gasteiger partial charge on any atom is -0.507 e. The number of carboxylic acid groups (broad SMARTS) is 1. The van der Waals surface area contributed by atoms with Crippen LogP contribution in [0.25, 0.3) is 0 Å². The Morgan fingerprint density at radius 1 is 1.43 bits per heavy atom. The van der Waals surface area contributed by atoms with Crippen LogP contribution in [0, 0.1) is 0 Å². The summed E-state index contributed by atoms with van der Waals surface area (Å²) in [6, 6.07) is 2.91. The second-order valence-electron chi connectivity index (χ2n) is 3.35. The quantitative estimate of drug-likeness (QED) is 0.858. The standard InChI is InChI=1S/C10H11BrO3/c1-5(2)6-4-9(12)7(10(13)14)3-8(6)11/h3-5,12H,1-2H3,(H,13,14). The number of hydrogen-bond acceptors (Lipinski definition) is 2. The van der Waals surface area contributed by atoms with Crippen molar-refractivity contribution >= 4 is 21.9 Å². The van der Waals surface area contributed by atoms with E-state index < -0.39 is 5.97 Å². The van der Waals surface area contributed by atoms with E-state index in [1.807, 2.05) is 13.8 Å². The van der Waals surface area contributed by atoms with Gasteiger partial charge >= 0.3 is 5.97 Å². The van der Waals surface area contributed by atoms with Crippen LogP contribution in [0.3, 0.4) is 0 Å². The van der Waals surface area contributed by atoms with Gasteiger partial charge < -0.3 is 10.2 Å². The molecule has 4 heteroatoms. The zero-order valence-corrected chi connectivity index (χ0v) is 9.50. The topological polar surface area (TPSA) is 57.5 Å². The van der Waals surface area contributed by atoms with E-state index >= 15 is 0 Å². The highest BCUT2D eigenvalue weighted by molar-refractivity contribution is 9.10. The van der Waals surface area contributed by atoms with E-state index in [-0.39, 0.29) is 17.2 Å². The smallest absolute Gasteiger partial charge is 0.339 e. The van der Waals surface area contributed by atoms with E-state index in [0.29, 0.717) is 4.47 Å². The lowest BCUT2D eigenvalue weighted by Gasteiger charge is -2.10. The van der Waals surface area contributed by atoms with E-state index in [0.717, 1.165) is 5.56 Å². The molecular weight excluding hydrogens is 248 g/mol. The van der Waals surface area contributed by atoms with Gasteiger partial charge in [-0.05, 0) is 23.6 Å². The van der Waals surface area contributed by atoms with E-state index in [1.165, 1.54) is 12.1 Å². The highest BCUT2D eigenvalue weighted by Crippen LogP contribution is 2.31. The first-order valence-electron chi connectivity index (χ1n) is 4.19. The maximum Gasteiger partial charge on any atom is 0.339 e. The molecule has 0 bridgehead atoms. The van der Waals surface area contributed by atoms with Gasteiger partial charge in [0.2, 0.25) is 0 Å². The molecule has 0 aliphatic carbocycles. The van der Waals surface area contributed by atoms with Crippen LogP contribution in [0.4, 0.5) is 0 Å². The lowest BCUT2D eigenvalue weighted by Crippen LogP contribution is -1.99. The molecule has 0 saturated carbocycles. The second kappa shape index (κ2) is 4.00. The number of hydrogen-bond donors (Lipinski definition) is 2. The lowest BCUT2D eigenvalue weighted by atomic mass is 10.0. The first-order valence-corrected chi connectivity index (χ1v) is 4.98. The van der Waals surface area contributed by atoms with Gasteiger partial charge in [0.1, 0.15) is 11.3 Å². The molecule has 3 nitrogen and oxygen atoms in total. The van der Waals surface area contributed by atoms with Crippen LogP contribution in [0.1, 0.15) is 35.7 Å². The maximum atomic E-state index is 10.7. The molecule has 0 heterocycles. The van der Waals surface area contributed by atoms with Crippen LogP contribution in [0.2, 0.25) is 0 Å². The van der Waals surface area contributed by atoms with Crippen LogP contribution in [-0.4, -0.2) is 16.2 Å². The average Bonchev–Trinajstić information content (AvgIpc) is 2.07. The first kappa shape index (κ1) is 11.0. The Morgan fingerprint density at radius 2 is 2.00 bits per heavy atom. The van der Waals surface area contributed by atoms with Crippen LogP contribution >= 0.6 is 15.9 Å². The van der Waals surface area contributed by atoms with Crippen molar-refractivity contribution in [1.82, 2.24) is 0 Å². The normalized spacial score (nSPS) is 10.6. The molecule has 0 aliphatic rings. The Labute approximate surface area is 90.5 Å². The maximum absolute atomic E-state index is 10.7. The monoisotopic (exact) mass is 258 g/mol. The van der Waals surface area contributed by atoms with Gasteiger partial charge in [0.05, 0.1) is 0 Å². The van der Waals surface area contributed by atoms with Gasteiger partial charge in [0, 0.05) is 4.47 Å². The third-order valence-corrected chi connectivity index (χ3v) is 2.65. The molecule has 76 valence electrons. The van der Waals surface area contributed by atoms with Crippen molar-refractivity contribution in [2.24, 2.45) is 0 Å². The summed E-state index contributed by atoms with van der Waals surface area (Å²) in [7, 11) is 0. The Bertz CT molecular complexity index is 372. The summed E-state index contributed by atoms with van der Waals surface area (Å²) in [5.41, 5.74) is 0.814. The number of phenols is 1. The zero-order valence-electron chi connectivity index (χ0n) is 7.91. The number of benzene rings is 1. The van der Waals surface area contributed by atoms with Crippen LogP contribution in [-0.2, 0) is 0 Å². The fourth-order valence-electron chi connectivity index (χ4n) is 1.19. The van der Waals surface area contributed by atoms with E-state index in [9.17, 15) is 9.90 Å². The molecule has 1 aromatic carbocycles. The van der Waals surface area contributed by atoms with E-state index in [4.69, 9.17) is 5.11 Å².